The molecule has 1 aromatic carbocycles. The third-order valence-electron chi connectivity index (χ3n) is 4.24. The maximum Gasteiger partial charge on any atom is 0.122 e. The molecule has 1 aliphatic rings. The van der Waals surface area contributed by atoms with E-state index in [-0.39, 0.29) is 5.54 Å². The molecule has 0 bridgehead atoms. The lowest BCUT2D eigenvalue weighted by atomic mass is 9.85. The Morgan fingerprint density at radius 1 is 1.28 bits per heavy atom. The van der Waals surface area contributed by atoms with Crippen molar-refractivity contribution in [2.45, 2.75) is 51.6 Å². The first-order valence-corrected chi connectivity index (χ1v) is 6.81. The van der Waals surface area contributed by atoms with Crippen molar-refractivity contribution in [2.75, 3.05) is 14.2 Å². The quantitative estimate of drug-likeness (QED) is 0.795. The molecule has 2 rings (SSSR count). The summed E-state index contributed by atoms with van der Waals surface area (Å²) in [5.74, 6) is 1.06. The number of ether oxygens (including phenoxy) is 1. The Morgan fingerprint density at radius 3 is 2.61 bits per heavy atom. The largest absolute Gasteiger partial charge is 0.496 e. The van der Waals surface area contributed by atoms with Crippen LogP contribution in [-0.4, -0.2) is 30.6 Å². The van der Waals surface area contributed by atoms with Gasteiger partial charge in [0.15, 0.2) is 0 Å². The zero-order chi connectivity index (χ0) is 13.3. The van der Waals surface area contributed by atoms with Gasteiger partial charge in [0.25, 0.3) is 0 Å². The van der Waals surface area contributed by atoms with Crippen LogP contribution < -0.4 is 4.74 Å². The lowest BCUT2D eigenvalue weighted by Crippen LogP contribution is -2.47. The molecule has 0 heterocycles. The molecule has 1 aliphatic carbocycles. The second-order valence-electron chi connectivity index (χ2n) is 6.28. The normalized spacial score (nSPS) is 19.8. The van der Waals surface area contributed by atoms with Crippen molar-refractivity contribution in [3.8, 4) is 5.75 Å². The summed E-state index contributed by atoms with van der Waals surface area (Å²) in [6, 6.07) is 7.08. The third kappa shape index (κ3) is 2.54. The molecule has 0 saturated carbocycles. The van der Waals surface area contributed by atoms with Gasteiger partial charge in [-0.2, -0.15) is 0 Å². The maximum atomic E-state index is 5.46. The minimum atomic E-state index is 0.237. The topological polar surface area (TPSA) is 12.5 Å². The lowest BCUT2D eigenvalue weighted by molar-refractivity contribution is 0.106. The number of methoxy groups -OCH3 is 1. The van der Waals surface area contributed by atoms with E-state index in [0.717, 1.165) is 18.6 Å². The van der Waals surface area contributed by atoms with Crippen LogP contribution in [0.15, 0.2) is 18.2 Å². The highest BCUT2D eigenvalue weighted by Gasteiger charge is 2.29. The summed E-state index contributed by atoms with van der Waals surface area (Å²) in [7, 11) is 4.01. The van der Waals surface area contributed by atoms with E-state index in [2.05, 4.69) is 50.9 Å². The minimum Gasteiger partial charge on any atom is -0.496 e. The van der Waals surface area contributed by atoms with Gasteiger partial charge in [0.1, 0.15) is 5.75 Å². The molecule has 0 radical (unpaired) electrons. The number of hydrogen-bond acceptors (Lipinski definition) is 2. The van der Waals surface area contributed by atoms with Gasteiger partial charge in [0.05, 0.1) is 7.11 Å². The van der Waals surface area contributed by atoms with Crippen molar-refractivity contribution < 1.29 is 4.74 Å². The Labute approximate surface area is 111 Å². The van der Waals surface area contributed by atoms with E-state index in [1.54, 1.807) is 7.11 Å². The van der Waals surface area contributed by atoms with Crippen LogP contribution in [0.25, 0.3) is 0 Å². The van der Waals surface area contributed by atoms with E-state index < -0.39 is 0 Å². The number of hydrogen-bond donors (Lipinski definition) is 0. The lowest BCUT2D eigenvalue weighted by Gasteiger charge is -2.41. The summed E-state index contributed by atoms with van der Waals surface area (Å²) in [5.41, 5.74) is 3.11. The Morgan fingerprint density at radius 2 is 2.00 bits per heavy atom. The molecule has 0 amide bonds. The van der Waals surface area contributed by atoms with Crippen LogP contribution in [0.3, 0.4) is 0 Å². The van der Waals surface area contributed by atoms with Crippen molar-refractivity contribution in [2.24, 2.45) is 0 Å². The van der Waals surface area contributed by atoms with Crippen LogP contribution in [0.1, 0.15) is 38.3 Å². The van der Waals surface area contributed by atoms with E-state index in [9.17, 15) is 0 Å². The molecular weight excluding hydrogens is 222 g/mol. The van der Waals surface area contributed by atoms with E-state index in [1.165, 1.54) is 17.5 Å². The second-order valence-corrected chi connectivity index (χ2v) is 6.28. The van der Waals surface area contributed by atoms with Crippen LogP contribution in [0.5, 0.6) is 5.75 Å². The van der Waals surface area contributed by atoms with Crippen LogP contribution in [-0.2, 0) is 12.8 Å². The summed E-state index contributed by atoms with van der Waals surface area (Å²) in [4.78, 5) is 2.51. The average molecular weight is 247 g/mol. The van der Waals surface area contributed by atoms with Crippen molar-refractivity contribution in [1.29, 1.82) is 0 Å². The molecule has 0 saturated heterocycles. The highest BCUT2D eigenvalue weighted by atomic mass is 16.5. The predicted molar refractivity (Wildman–Crippen MR) is 76.3 cm³/mol. The highest BCUT2D eigenvalue weighted by Crippen LogP contribution is 2.32. The van der Waals surface area contributed by atoms with Crippen LogP contribution in [0.2, 0.25) is 0 Å². The van der Waals surface area contributed by atoms with Gasteiger partial charge >= 0.3 is 0 Å². The number of likely N-dealkylation sites (N-methyl/N-ethyl adjacent to an activating group) is 1. The third-order valence-corrected chi connectivity index (χ3v) is 4.24. The first-order chi connectivity index (χ1) is 8.43. The predicted octanol–water partition coefficient (Wildman–Crippen LogP) is 3.28. The first kappa shape index (κ1) is 13.4. The summed E-state index contributed by atoms with van der Waals surface area (Å²) < 4.78 is 5.46. The van der Waals surface area contributed by atoms with E-state index >= 15 is 0 Å². The molecule has 18 heavy (non-hydrogen) atoms. The fourth-order valence-electron chi connectivity index (χ4n) is 2.82. The van der Waals surface area contributed by atoms with Crippen LogP contribution >= 0.6 is 0 Å². The molecule has 0 aromatic heterocycles. The Bertz CT molecular complexity index is 420. The van der Waals surface area contributed by atoms with Crippen molar-refractivity contribution in [1.82, 2.24) is 4.90 Å². The number of benzene rings is 1. The molecule has 2 nitrogen and oxygen atoms in total. The van der Waals surface area contributed by atoms with E-state index in [4.69, 9.17) is 4.74 Å². The Kier molecular flexibility index (Phi) is 3.67. The number of nitrogens with zero attached hydrogens (tertiary/aromatic N) is 1. The van der Waals surface area contributed by atoms with Gasteiger partial charge in [-0.05, 0) is 64.3 Å². The summed E-state index contributed by atoms with van der Waals surface area (Å²) in [5, 5.41) is 0. The SMILES string of the molecule is COc1cccc2c1CC[C@H](N(C)C(C)(C)C)C2. The van der Waals surface area contributed by atoms with E-state index in [1.807, 2.05) is 0 Å². The van der Waals surface area contributed by atoms with Gasteiger partial charge in [-0.25, -0.2) is 0 Å². The zero-order valence-corrected chi connectivity index (χ0v) is 12.3. The van der Waals surface area contributed by atoms with E-state index in [0.29, 0.717) is 6.04 Å². The molecule has 100 valence electrons. The van der Waals surface area contributed by atoms with Crippen LogP contribution in [0.4, 0.5) is 0 Å². The average Bonchev–Trinajstić information content (AvgIpc) is 2.35. The van der Waals surface area contributed by atoms with Gasteiger partial charge in [0, 0.05) is 11.6 Å². The summed E-state index contributed by atoms with van der Waals surface area (Å²) >= 11 is 0. The summed E-state index contributed by atoms with van der Waals surface area (Å²) in [6.45, 7) is 6.86. The molecule has 0 spiro atoms. The first-order valence-electron chi connectivity index (χ1n) is 6.81. The van der Waals surface area contributed by atoms with Gasteiger partial charge in [0.2, 0.25) is 0 Å². The molecule has 1 atom stereocenters. The zero-order valence-electron chi connectivity index (χ0n) is 12.3. The molecule has 2 heteroatoms. The molecule has 0 unspecified atom stereocenters. The Hall–Kier alpha value is -1.02. The monoisotopic (exact) mass is 247 g/mol. The van der Waals surface area contributed by atoms with Crippen molar-refractivity contribution in [3.05, 3.63) is 29.3 Å². The number of fused-ring (bicyclic) bond motifs is 1. The van der Waals surface area contributed by atoms with Gasteiger partial charge < -0.3 is 4.74 Å². The molecule has 0 N–H and O–H groups in total. The molecular formula is C16H25NO. The fourth-order valence-corrected chi connectivity index (χ4v) is 2.82. The van der Waals surface area contributed by atoms with Crippen molar-refractivity contribution in [3.63, 3.8) is 0 Å². The van der Waals surface area contributed by atoms with Gasteiger partial charge in [-0.1, -0.05) is 12.1 Å². The smallest absolute Gasteiger partial charge is 0.122 e. The standard InChI is InChI=1S/C16H25NO/c1-16(2,3)17(4)13-9-10-14-12(11-13)7-6-8-15(14)18-5/h6-8,13H,9-11H2,1-5H3/t13-/m0/s1. The highest BCUT2D eigenvalue weighted by molar-refractivity contribution is 5.42. The maximum absolute atomic E-state index is 5.46. The molecule has 0 fully saturated rings. The Balaban J connectivity index is 2.21. The number of rotatable bonds is 2. The van der Waals surface area contributed by atoms with Gasteiger partial charge in [-0.3, -0.25) is 4.90 Å². The van der Waals surface area contributed by atoms with Crippen molar-refractivity contribution >= 4 is 0 Å². The molecule has 0 aliphatic heterocycles. The second kappa shape index (κ2) is 4.93. The molecule has 1 aromatic rings. The fraction of sp³-hybridized carbons (Fsp3) is 0.625. The van der Waals surface area contributed by atoms with Crippen LogP contribution in [0, 0.1) is 0 Å². The minimum absolute atomic E-state index is 0.237. The van der Waals surface area contributed by atoms with Gasteiger partial charge in [-0.15, -0.1) is 0 Å². The summed E-state index contributed by atoms with van der Waals surface area (Å²) in [6.07, 6.45) is 3.49.